The molecule has 6 nitrogen and oxygen atoms in total. The fraction of sp³-hybridized carbons (Fsp3) is 0.211. The molecule has 132 valence electrons. The molecule has 1 aromatic heterocycles. The van der Waals surface area contributed by atoms with Gasteiger partial charge in [-0.15, -0.1) is 5.10 Å². The van der Waals surface area contributed by atoms with Crippen molar-refractivity contribution in [3.05, 3.63) is 41.0 Å². The first kappa shape index (κ1) is 16.7. The van der Waals surface area contributed by atoms with Gasteiger partial charge in [0.2, 0.25) is 5.91 Å². The number of aromatic amines is 1. The van der Waals surface area contributed by atoms with Crippen molar-refractivity contribution in [1.29, 1.82) is 0 Å². The van der Waals surface area contributed by atoms with Gasteiger partial charge >= 0.3 is 0 Å². The van der Waals surface area contributed by atoms with Crippen LogP contribution in [0.5, 0.6) is 5.75 Å². The monoisotopic (exact) mass is 366 g/mol. The highest BCUT2D eigenvalue weighted by Gasteiger charge is 2.16. The second-order valence-corrected chi connectivity index (χ2v) is 7.14. The van der Waals surface area contributed by atoms with Crippen LogP contribution in [0.3, 0.4) is 0 Å². The molecule has 0 radical (unpaired) electrons. The first-order valence-corrected chi connectivity index (χ1v) is 9.18. The minimum Gasteiger partial charge on any atom is -0.497 e. The Balaban J connectivity index is 1.82. The number of H-pyrrole nitrogens is 1. The molecule has 1 fully saturated rings. The summed E-state index contributed by atoms with van der Waals surface area (Å²) < 4.78 is 5.38. The molecule has 0 aliphatic carbocycles. The van der Waals surface area contributed by atoms with Gasteiger partial charge in [-0.2, -0.15) is 5.10 Å². The number of thioether (sulfide) groups is 1. The number of ether oxygens (including phenoxy) is 1. The predicted molar refractivity (Wildman–Crippen MR) is 107 cm³/mol. The Labute approximate surface area is 154 Å². The topological polar surface area (TPSA) is 78.8 Å². The van der Waals surface area contributed by atoms with E-state index in [-0.39, 0.29) is 5.91 Å². The van der Waals surface area contributed by atoms with Crippen molar-refractivity contribution in [2.75, 3.05) is 12.9 Å². The molecule has 3 aromatic rings. The second kappa shape index (κ2) is 6.49. The summed E-state index contributed by atoms with van der Waals surface area (Å²) in [7, 11) is 1.67. The molecule has 1 aliphatic heterocycles. The van der Waals surface area contributed by atoms with Crippen molar-refractivity contribution in [3.63, 3.8) is 0 Å². The van der Waals surface area contributed by atoms with Crippen LogP contribution in [0.4, 0.5) is 0 Å². The van der Waals surface area contributed by atoms with Gasteiger partial charge in [0.15, 0.2) is 5.17 Å². The van der Waals surface area contributed by atoms with Gasteiger partial charge in [0, 0.05) is 21.8 Å². The summed E-state index contributed by atoms with van der Waals surface area (Å²) in [5.74, 6) is 1.19. The molecule has 4 rings (SSSR count). The standard InChI is InChI=1S/C19H18N4O2S/c1-10-6-12(8-20-23-19-22-16(24)9-26-19)11(2)17-14-7-13(25-3)4-5-15(14)21-18(10)17/h4-8,21H,9H2,1-3H3,(H,22,23,24). The summed E-state index contributed by atoms with van der Waals surface area (Å²) >= 11 is 1.36. The number of carbonyl (C=O) groups excluding carboxylic acids is 1. The zero-order chi connectivity index (χ0) is 18.3. The summed E-state index contributed by atoms with van der Waals surface area (Å²) in [6.07, 6.45) is 1.73. The van der Waals surface area contributed by atoms with E-state index in [1.54, 1.807) is 13.3 Å². The molecule has 2 aromatic carbocycles. The van der Waals surface area contributed by atoms with E-state index < -0.39 is 0 Å². The molecule has 1 saturated heterocycles. The SMILES string of the molecule is COc1ccc2[nH]c3c(C)cc(C=NN=C4NC(=O)CS4)c(C)c3c2c1. The molecule has 0 atom stereocenters. The molecular formula is C19H18N4O2S. The smallest absolute Gasteiger partial charge is 0.236 e. The van der Waals surface area contributed by atoms with Crippen molar-refractivity contribution in [2.24, 2.45) is 10.2 Å². The van der Waals surface area contributed by atoms with E-state index in [0.717, 1.165) is 44.2 Å². The van der Waals surface area contributed by atoms with Crippen LogP contribution in [0.15, 0.2) is 34.5 Å². The fourth-order valence-corrected chi connectivity index (χ4v) is 3.83. The number of nitrogens with zero attached hydrogens (tertiary/aromatic N) is 2. The highest BCUT2D eigenvalue weighted by molar-refractivity contribution is 8.15. The van der Waals surface area contributed by atoms with E-state index in [0.29, 0.717) is 10.9 Å². The van der Waals surface area contributed by atoms with Crippen LogP contribution < -0.4 is 10.1 Å². The lowest BCUT2D eigenvalue weighted by molar-refractivity contribution is -0.116. The van der Waals surface area contributed by atoms with E-state index in [4.69, 9.17) is 4.74 Å². The van der Waals surface area contributed by atoms with E-state index in [1.165, 1.54) is 11.8 Å². The summed E-state index contributed by atoms with van der Waals surface area (Å²) in [6, 6.07) is 8.13. The number of nitrogens with one attached hydrogen (secondary N) is 2. The average molecular weight is 366 g/mol. The Morgan fingerprint density at radius 1 is 1.27 bits per heavy atom. The van der Waals surface area contributed by atoms with E-state index >= 15 is 0 Å². The van der Waals surface area contributed by atoms with Crippen LogP contribution in [0.2, 0.25) is 0 Å². The fourth-order valence-electron chi connectivity index (χ4n) is 3.20. The van der Waals surface area contributed by atoms with Gasteiger partial charge in [0.25, 0.3) is 0 Å². The zero-order valence-electron chi connectivity index (χ0n) is 14.7. The van der Waals surface area contributed by atoms with Crippen molar-refractivity contribution in [3.8, 4) is 5.75 Å². The third kappa shape index (κ3) is 2.84. The number of methoxy groups -OCH3 is 1. The lowest BCUT2D eigenvalue weighted by Gasteiger charge is -2.06. The van der Waals surface area contributed by atoms with Gasteiger partial charge < -0.3 is 15.0 Å². The van der Waals surface area contributed by atoms with E-state index in [2.05, 4.69) is 40.4 Å². The number of carbonyl (C=O) groups is 1. The maximum Gasteiger partial charge on any atom is 0.236 e. The molecule has 0 spiro atoms. The van der Waals surface area contributed by atoms with Crippen molar-refractivity contribution in [2.45, 2.75) is 13.8 Å². The van der Waals surface area contributed by atoms with Gasteiger partial charge in [-0.25, -0.2) is 0 Å². The summed E-state index contributed by atoms with van der Waals surface area (Å²) in [5.41, 5.74) is 5.45. The molecule has 2 N–H and O–H groups in total. The number of hydrogen-bond donors (Lipinski definition) is 2. The molecule has 7 heteroatoms. The van der Waals surface area contributed by atoms with Crippen LogP contribution in [-0.4, -0.2) is 35.1 Å². The summed E-state index contributed by atoms with van der Waals surface area (Å²) in [6.45, 7) is 4.15. The van der Waals surface area contributed by atoms with Crippen LogP contribution in [0.25, 0.3) is 21.8 Å². The highest BCUT2D eigenvalue weighted by Crippen LogP contribution is 2.34. The zero-order valence-corrected chi connectivity index (χ0v) is 15.5. The van der Waals surface area contributed by atoms with E-state index in [9.17, 15) is 4.79 Å². The van der Waals surface area contributed by atoms with Gasteiger partial charge in [0.05, 0.1) is 19.1 Å². The number of rotatable bonds is 3. The first-order chi connectivity index (χ1) is 12.6. The van der Waals surface area contributed by atoms with Crippen LogP contribution in [0.1, 0.15) is 16.7 Å². The molecule has 26 heavy (non-hydrogen) atoms. The summed E-state index contributed by atoms with van der Waals surface area (Å²) in [4.78, 5) is 14.7. The lowest BCUT2D eigenvalue weighted by atomic mass is 9.99. The Morgan fingerprint density at radius 2 is 2.12 bits per heavy atom. The maximum atomic E-state index is 11.2. The number of amidine groups is 1. The van der Waals surface area contributed by atoms with Gasteiger partial charge in [-0.1, -0.05) is 11.8 Å². The molecule has 1 aliphatic rings. The van der Waals surface area contributed by atoms with Gasteiger partial charge in [-0.3, -0.25) is 4.79 Å². The van der Waals surface area contributed by atoms with E-state index in [1.807, 2.05) is 18.2 Å². The normalized spacial score (nSPS) is 16.3. The second-order valence-electron chi connectivity index (χ2n) is 6.18. The van der Waals surface area contributed by atoms with Crippen molar-refractivity contribution < 1.29 is 9.53 Å². The molecular weight excluding hydrogens is 348 g/mol. The molecule has 2 heterocycles. The summed E-state index contributed by atoms with van der Waals surface area (Å²) in [5, 5.41) is 13.7. The number of hydrogen-bond acceptors (Lipinski definition) is 5. The van der Waals surface area contributed by atoms with Crippen LogP contribution in [0, 0.1) is 13.8 Å². The Bertz CT molecular complexity index is 1100. The molecule has 1 amide bonds. The number of benzene rings is 2. The van der Waals surface area contributed by atoms with Gasteiger partial charge in [0.1, 0.15) is 5.75 Å². The largest absolute Gasteiger partial charge is 0.497 e. The quantitative estimate of drug-likeness (QED) is 0.550. The highest BCUT2D eigenvalue weighted by atomic mass is 32.2. The first-order valence-electron chi connectivity index (χ1n) is 8.20. The minimum absolute atomic E-state index is 0.0369. The Morgan fingerprint density at radius 3 is 2.85 bits per heavy atom. The molecule has 0 saturated carbocycles. The third-order valence-corrected chi connectivity index (χ3v) is 5.38. The number of amides is 1. The minimum atomic E-state index is -0.0369. The van der Waals surface area contributed by atoms with Crippen molar-refractivity contribution >= 4 is 50.9 Å². The third-order valence-electron chi connectivity index (χ3n) is 4.51. The molecule has 0 bridgehead atoms. The Hall–Kier alpha value is -2.80. The average Bonchev–Trinajstić information content (AvgIpc) is 3.22. The molecule has 0 unspecified atom stereocenters. The van der Waals surface area contributed by atoms with Crippen LogP contribution >= 0.6 is 11.8 Å². The number of fused-ring (bicyclic) bond motifs is 3. The van der Waals surface area contributed by atoms with Gasteiger partial charge in [-0.05, 0) is 54.8 Å². The van der Waals surface area contributed by atoms with Crippen LogP contribution in [-0.2, 0) is 4.79 Å². The van der Waals surface area contributed by atoms with Crippen molar-refractivity contribution in [1.82, 2.24) is 10.3 Å². The number of aromatic nitrogens is 1. The predicted octanol–water partition coefficient (Wildman–Crippen LogP) is 3.50. The number of aryl methyl sites for hydroxylation is 2. The lowest BCUT2D eigenvalue weighted by Crippen LogP contribution is -2.19. The maximum absolute atomic E-state index is 11.2. The Kier molecular flexibility index (Phi) is 4.16.